The number of benzene rings is 1. The Hall–Kier alpha value is -2.90. The standard InChI is InChI=1S/C19H24N2O6/c1-11(2)8-14(19(25)26)20-17(23)6-7-21-15-9-13(12(3)22)4-5-16(15)27-10-18(21)24/h4-5,9,11,14H,6-8,10H2,1-3H3,(H,20,23)(H,25,26). The van der Waals surface area contributed by atoms with E-state index in [0.717, 1.165) is 0 Å². The Morgan fingerprint density at radius 2 is 2.00 bits per heavy atom. The largest absolute Gasteiger partial charge is 0.482 e. The van der Waals surface area contributed by atoms with Crippen LogP contribution in [0.25, 0.3) is 0 Å². The number of rotatable bonds is 8. The van der Waals surface area contributed by atoms with Gasteiger partial charge in [0.15, 0.2) is 12.4 Å². The molecular weight excluding hydrogens is 352 g/mol. The summed E-state index contributed by atoms with van der Waals surface area (Å²) in [5.74, 6) is -1.44. The zero-order valence-corrected chi connectivity index (χ0v) is 15.7. The number of fused-ring (bicyclic) bond motifs is 1. The summed E-state index contributed by atoms with van der Waals surface area (Å²) in [6.07, 6.45) is 0.264. The SMILES string of the molecule is CC(=O)c1ccc2c(c1)N(CCC(=O)NC(CC(C)C)C(=O)O)C(=O)CO2. The molecule has 0 bridgehead atoms. The highest BCUT2D eigenvalue weighted by Gasteiger charge is 2.27. The molecule has 2 rings (SSSR count). The normalized spacial score (nSPS) is 14.4. The van der Waals surface area contributed by atoms with Crippen molar-refractivity contribution in [3.63, 3.8) is 0 Å². The number of Topliss-reactive ketones (excluding diaryl/α,β-unsaturated/α-hetero) is 1. The number of nitrogens with zero attached hydrogens (tertiary/aromatic N) is 1. The highest BCUT2D eigenvalue weighted by molar-refractivity contribution is 6.01. The van der Waals surface area contributed by atoms with Gasteiger partial charge in [0, 0.05) is 18.5 Å². The topological polar surface area (TPSA) is 113 Å². The van der Waals surface area contributed by atoms with Crippen molar-refractivity contribution in [2.75, 3.05) is 18.1 Å². The first-order chi connectivity index (χ1) is 12.7. The summed E-state index contributed by atoms with van der Waals surface area (Å²) in [5, 5.41) is 11.7. The summed E-state index contributed by atoms with van der Waals surface area (Å²) in [7, 11) is 0. The van der Waals surface area contributed by atoms with Crippen molar-refractivity contribution in [3.05, 3.63) is 23.8 Å². The van der Waals surface area contributed by atoms with E-state index in [4.69, 9.17) is 4.74 Å². The van der Waals surface area contributed by atoms with Crippen LogP contribution in [0.4, 0.5) is 5.69 Å². The van der Waals surface area contributed by atoms with E-state index in [2.05, 4.69) is 5.32 Å². The fraction of sp³-hybridized carbons (Fsp3) is 0.474. The van der Waals surface area contributed by atoms with Crippen molar-refractivity contribution in [1.29, 1.82) is 0 Å². The number of hydrogen-bond donors (Lipinski definition) is 2. The van der Waals surface area contributed by atoms with Crippen LogP contribution >= 0.6 is 0 Å². The van der Waals surface area contributed by atoms with Crippen molar-refractivity contribution >= 4 is 29.3 Å². The third kappa shape index (κ3) is 5.29. The Morgan fingerprint density at radius 1 is 1.30 bits per heavy atom. The first-order valence-corrected chi connectivity index (χ1v) is 8.79. The minimum atomic E-state index is -1.09. The summed E-state index contributed by atoms with van der Waals surface area (Å²) in [6, 6.07) is 3.83. The summed E-state index contributed by atoms with van der Waals surface area (Å²) >= 11 is 0. The number of carboxylic acids is 1. The summed E-state index contributed by atoms with van der Waals surface area (Å²) < 4.78 is 5.37. The van der Waals surface area contributed by atoms with Crippen LogP contribution < -0.4 is 15.0 Å². The molecule has 0 fully saturated rings. The minimum absolute atomic E-state index is 0.0582. The van der Waals surface area contributed by atoms with Crippen LogP contribution in [-0.2, 0) is 14.4 Å². The number of ether oxygens (including phenoxy) is 1. The van der Waals surface area contributed by atoms with Crippen LogP contribution in [0.1, 0.15) is 44.0 Å². The smallest absolute Gasteiger partial charge is 0.326 e. The number of hydrogen-bond acceptors (Lipinski definition) is 5. The van der Waals surface area contributed by atoms with Gasteiger partial charge in [0.05, 0.1) is 5.69 Å². The molecule has 1 aliphatic rings. The average molecular weight is 376 g/mol. The second-order valence-corrected chi connectivity index (χ2v) is 6.91. The maximum atomic E-state index is 12.2. The molecular formula is C19H24N2O6. The lowest BCUT2D eigenvalue weighted by atomic mass is 10.0. The molecule has 0 aliphatic carbocycles. The van der Waals surface area contributed by atoms with E-state index in [1.165, 1.54) is 11.8 Å². The molecule has 27 heavy (non-hydrogen) atoms. The van der Waals surface area contributed by atoms with Crippen LogP contribution in [-0.4, -0.2) is 47.9 Å². The molecule has 146 valence electrons. The van der Waals surface area contributed by atoms with Crippen LogP contribution in [0.3, 0.4) is 0 Å². The fourth-order valence-electron chi connectivity index (χ4n) is 2.84. The molecule has 0 aromatic heterocycles. The van der Waals surface area contributed by atoms with Crippen LogP contribution in [0, 0.1) is 5.92 Å². The molecule has 1 unspecified atom stereocenters. The Kier molecular flexibility index (Phi) is 6.55. The molecule has 1 aromatic carbocycles. The van der Waals surface area contributed by atoms with Gasteiger partial charge < -0.3 is 20.1 Å². The Bertz CT molecular complexity index is 759. The van der Waals surface area contributed by atoms with Crippen molar-refractivity contribution in [2.45, 2.75) is 39.7 Å². The van der Waals surface area contributed by atoms with Gasteiger partial charge in [-0.2, -0.15) is 0 Å². The van der Waals surface area contributed by atoms with Gasteiger partial charge in [0.25, 0.3) is 5.91 Å². The monoisotopic (exact) mass is 376 g/mol. The second-order valence-electron chi connectivity index (χ2n) is 6.91. The third-order valence-electron chi connectivity index (χ3n) is 4.21. The van der Waals surface area contributed by atoms with Gasteiger partial charge in [-0.15, -0.1) is 0 Å². The molecule has 1 atom stereocenters. The number of aliphatic carboxylic acids is 1. The lowest BCUT2D eigenvalue weighted by molar-refractivity contribution is -0.142. The predicted molar refractivity (Wildman–Crippen MR) is 97.9 cm³/mol. The number of ketones is 1. The highest BCUT2D eigenvalue weighted by Crippen LogP contribution is 2.33. The molecule has 1 heterocycles. The Balaban J connectivity index is 2.08. The number of nitrogens with one attached hydrogen (secondary N) is 1. The van der Waals surface area contributed by atoms with Gasteiger partial charge in [-0.1, -0.05) is 13.8 Å². The lowest BCUT2D eigenvalue weighted by Crippen LogP contribution is -2.44. The molecule has 0 saturated carbocycles. The van der Waals surface area contributed by atoms with Gasteiger partial charge in [0.1, 0.15) is 11.8 Å². The molecule has 2 amide bonds. The molecule has 8 heteroatoms. The van der Waals surface area contributed by atoms with Crippen LogP contribution in [0.5, 0.6) is 5.75 Å². The average Bonchev–Trinajstić information content (AvgIpc) is 2.59. The number of amides is 2. The van der Waals surface area contributed by atoms with Crippen molar-refractivity contribution in [3.8, 4) is 5.75 Å². The van der Waals surface area contributed by atoms with E-state index in [-0.39, 0.29) is 37.2 Å². The second kappa shape index (κ2) is 8.66. The molecule has 0 saturated heterocycles. The molecule has 8 nitrogen and oxygen atoms in total. The Morgan fingerprint density at radius 3 is 2.59 bits per heavy atom. The number of carbonyl (C=O) groups is 4. The van der Waals surface area contributed by atoms with Gasteiger partial charge in [0.2, 0.25) is 5.91 Å². The zero-order valence-electron chi connectivity index (χ0n) is 15.7. The van der Waals surface area contributed by atoms with E-state index in [0.29, 0.717) is 23.4 Å². The maximum Gasteiger partial charge on any atom is 0.326 e. The molecule has 0 spiro atoms. The van der Waals surface area contributed by atoms with Crippen molar-refractivity contribution in [2.24, 2.45) is 5.92 Å². The van der Waals surface area contributed by atoms with Gasteiger partial charge in [-0.05, 0) is 37.5 Å². The van der Waals surface area contributed by atoms with Gasteiger partial charge >= 0.3 is 5.97 Å². The summed E-state index contributed by atoms with van der Waals surface area (Å²) in [4.78, 5) is 48.6. The Labute approximate surface area is 157 Å². The van der Waals surface area contributed by atoms with Gasteiger partial charge in [-0.3, -0.25) is 14.4 Å². The highest BCUT2D eigenvalue weighted by atomic mass is 16.5. The van der Waals surface area contributed by atoms with Crippen molar-refractivity contribution in [1.82, 2.24) is 5.32 Å². The summed E-state index contributed by atoms with van der Waals surface area (Å²) in [6.45, 7) is 5.08. The lowest BCUT2D eigenvalue weighted by Gasteiger charge is -2.29. The number of carbonyl (C=O) groups excluding carboxylic acids is 3. The predicted octanol–water partition coefficient (Wildman–Crippen LogP) is 1.62. The molecule has 1 aliphatic heterocycles. The van der Waals surface area contributed by atoms with Crippen LogP contribution in [0.15, 0.2) is 18.2 Å². The van der Waals surface area contributed by atoms with E-state index < -0.39 is 17.9 Å². The van der Waals surface area contributed by atoms with E-state index in [1.54, 1.807) is 18.2 Å². The molecule has 0 radical (unpaired) electrons. The van der Waals surface area contributed by atoms with Crippen molar-refractivity contribution < 1.29 is 29.0 Å². The third-order valence-corrected chi connectivity index (χ3v) is 4.21. The van der Waals surface area contributed by atoms with E-state index in [1.807, 2.05) is 13.8 Å². The van der Waals surface area contributed by atoms with E-state index >= 15 is 0 Å². The first-order valence-electron chi connectivity index (χ1n) is 8.79. The zero-order chi connectivity index (χ0) is 20.1. The number of anilines is 1. The molecule has 1 aromatic rings. The van der Waals surface area contributed by atoms with Crippen LogP contribution in [0.2, 0.25) is 0 Å². The quantitative estimate of drug-likeness (QED) is 0.667. The minimum Gasteiger partial charge on any atom is -0.482 e. The summed E-state index contributed by atoms with van der Waals surface area (Å²) in [5.41, 5.74) is 0.869. The maximum absolute atomic E-state index is 12.2. The first kappa shape index (κ1) is 20.4. The fourth-order valence-corrected chi connectivity index (χ4v) is 2.84. The van der Waals surface area contributed by atoms with E-state index in [9.17, 15) is 24.3 Å². The number of carboxylic acid groups (broad SMARTS) is 1. The molecule has 2 N–H and O–H groups in total. The van der Waals surface area contributed by atoms with Gasteiger partial charge in [-0.25, -0.2) is 4.79 Å².